The van der Waals surface area contributed by atoms with Crippen LogP contribution < -0.4 is 0 Å². The Morgan fingerprint density at radius 1 is 0.957 bits per heavy atom. The van der Waals surface area contributed by atoms with E-state index in [0.717, 1.165) is 48.6 Å². The molecule has 245 valence electrons. The maximum Gasteiger partial charge on any atom is 0.162 e. The van der Waals surface area contributed by atoms with Crippen molar-refractivity contribution in [2.24, 2.45) is 16.7 Å². The fourth-order valence-electron chi connectivity index (χ4n) is 6.75. The Kier molecular flexibility index (Phi) is 10.7. The van der Waals surface area contributed by atoms with Crippen LogP contribution in [0.4, 0.5) is 0 Å². The molecule has 6 rings (SSSR count). The minimum atomic E-state index is -0.248. The van der Waals surface area contributed by atoms with Crippen LogP contribution in [0.1, 0.15) is 92.2 Å². The fourth-order valence-corrected chi connectivity index (χ4v) is 6.75. The number of nitrogens with zero attached hydrogens (tertiary/aromatic N) is 2. The molecule has 1 radical (unpaired) electrons. The molecule has 1 N–H and O–H groups in total. The Bertz CT molecular complexity index is 2020. The molecule has 0 spiro atoms. The maximum atomic E-state index is 11.9. The number of ketones is 1. The molecule has 0 fully saturated rings. The van der Waals surface area contributed by atoms with Crippen molar-refractivity contribution in [1.29, 1.82) is 0 Å². The third-order valence-electron chi connectivity index (χ3n) is 9.79. The van der Waals surface area contributed by atoms with Crippen molar-refractivity contribution in [3.63, 3.8) is 0 Å². The number of carbonyl (C=O) groups excluding carboxylic acids is 1. The Morgan fingerprint density at radius 3 is 2.26 bits per heavy atom. The average molecular weight is 794 g/mol. The first-order valence-electron chi connectivity index (χ1n) is 16.7. The molecule has 6 aromatic rings. The number of hydrogen-bond acceptors (Lipinski definition) is 3. The average Bonchev–Trinajstić information content (AvgIpc) is 3.33. The van der Waals surface area contributed by atoms with Crippen molar-refractivity contribution in [2.45, 2.75) is 94.4 Å². The first-order chi connectivity index (χ1) is 21.4. The van der Waals surface area contributed by atoms with Gasteiger partial charge in [-0.05, 0) is 88.5 Å². The van der Waals surface area contributed by atoms with E-state index in [2.05, 4.69) is 86.7 Å². The Balaban J connectivity index is 0.000000245. The molecule has 4 nitrogen and oxygen atoms in total. The molecule has 0 amide bonds. The SMILES string of the molecule is CCC(CC)C(=O)/C=C(\O)C(C)(CC)CC.Cc1[c-]c2c3nccc4cc(CC(C)(C)C)cc(c43)n3c4ccccc4c(c1)c23.[Ir]. The summed E-state index contributed by atoms with van der Waals surface area (Å²) in [5.41, 5.74) is 7.32. The maximum absolute atomic E-state index is 11.9. The minimum absolute atomic E-state index is 0. The number of aliphatic hydroxyl groups excluding tert-OH is 1. The zero-order valence-corrected chi connectivity index (χ0v) is 31.4. The van der Waals surface area contributed by atoms with Crippen LogP contribution in [0.5, 0.6) is 0 Å². The number of aryl methyl sites for hydroxylation is 1. The zero-order valence-electron chi connectivity index (χ0n) is 29.0. The summed E-state index contributed by atoms with van der Waals surface area (Å²) in [5, 5.41) is 16.2. The predicted molar refractivity (Wildman–Crippen MR) is 192 cm³/mol. The summed E-state index contributed by atoms with van der Waals surface area (Å²) < 4.78 is 2.44. The quantitative estimate of drug-likeness (QED) is 0.0549. The first-order valence-corrected chi connectivity index (χ1v) is 16.7. The second-order valence-corrected chi connectivity index (χ2v) is 14.3. The van der Waals surface area contributed by atoms with Crippen molar-refractivity contribution >= 4 is 54.8 Å². The molecule has 5 heteroatoms. The molecule has 46 heavy (non-hydrogen) atoms. The standard InChI is InChI=1S/C27H23N2.C14H26O2.Ir/c1-16-11-20-19-7-5-6-8-22(19)29-23-14-17(15-27(2,3)4)13-18-9-10-28-25(24(18)23)21(12-16)26(20)29;1-6-11(7-2)12(15)10-13(16)14(5,8-3)9-4;/h5-11,13-14H,15H2,1-4H3;10-11,16H,6-9H2,1-5H3;/q-1;;/b;13-10-;. The number of para-hydroxylation sites is 1. The van der Waals surface area contributed by atoms with Gasteiger partial charge in [-0.2, -0.15) is 0 Å². The third kappa shape index (κ3) is 6.60. The van der Waals surface area contributed by atoms with E-state index in [-0.39, 0.29) is 48.4 Å². The van der Waals surface area contributed by atoms with Gasteiger partial charge in [0.15, 0.2) is 5.78 Å². The van der Waals surface area contributed by atoms with Crippen LogP contribution in [0.15, 0.2) is 66.6 Å². The van der Waals surface area contributed by atoms with Crippen LogP contribution in [0, 0.1) is 29.7 Å². The molecule has 0 atom stereocenters. The van der Waals surface area contributed by atoms with Gasteiger partial charge in [-0.15, -0.1) is 17.7 Å². The van der Waals surface area contributed by atoms with Crippen molar-refractivity contribution in [2.75, 3.05) is 0 Å². The summed E-state index contributed by atoms with van der Waals surface area (Å²) in [6.45, 7) is 19.1. The number of aliphatic hydroxyl groups is 1. The molecule has 0 aliphatic rings. The summed E-state index contributed by atoms with van der Waals surface area (Å²) in [6.07, 6.45) is 7.82. The number of allylic oxidation sites excluding steroid dienone is 2. The molecule has 0 bridgehead atoms. The van der Waals surface area contributed by atoms with Crippen molar-refractivity contribution in [3.8, 4) is 0 Å². The molecular formula is C41H49IrN2O2-. The van der Waals surface area contributed by atoms with Gasteiger partial charge >= 0.3 is 0 Å². The molecule has 3 heterocycles. The van der Waals surface area contributed by atoms with Gasteiger partial charge in [-0.3, -0.25) is 4.79 Å². The van der Waals surface area contributed by atoms with Gasteiger partial charge in [0, 0.05) is 54.7 Å². The molecule has 0 saturated heterocycles. The summed E-state index contributed by atoms with van der Waals surface area (Å²) in [7, 11) is 0. The van der Waals surface area contributed by atoms with E-state index in [1.165, 1.54) is 49.7 Å². The zero-order chi connectivity index (χ0) is 32.7. The number of hydrogen-bond donors (Lipinski definition) is 1. The Hall–Kier alpha value is -3.27. The van der Waals surface area contributed by atoms with E-state index in [9.17, 15) is 9.90 Å². The van der Waals surface area contributed by atoms with Gasteiger partial charge in [0.05, 0.1) is 0 Å². The van der Waals surface area contributed by atoms with Gasteiger partial charge in [0.2, 0.25) is 0 Å². The van der Waals surface area contributed by atoms with Crippen LogP contribution in [-0.4, -0.2) is 20.3 Å². The second-order valence-electron chi connectivity index (χ2n) is 14.3. The Labute approximate surface area is 288 Å². The number of aromatic nitrogens is 2. The van der Waals surface area contributed by atoms with E-state index >= 15 is 0 Å². The van der Waals surface area contributed by atoms with E-state index in [4.69, 9.17) is 4.98 Å². The fraction of sp³-hybridized carbons (Fsp3) is 0.415. The Morgan fingerprint density at radius 2 is 1.63 bits per heavy atom. The van der Waals surface area contributed by atoms with Gasteiger partial charge in [0.1, 0.15) is 5.76 Å². The largest absolute Gasteiger partial charge is 0.512 e. The van der Waals surface area contributed by atoms with E-state index in [0.29, 0.717) is 0 Å². The van der Waals surface area contributed by atoms with Gasteiger partial charge in [-0.25, -0.2) is 0 Å². The normalized spacial score (nSPS) is 12.8. The summed E-state index contributed by atoms with van der Waals surface area (Å²) in [5.74, 6) is 0.366. The van der Waals surface area contributed by atoms with Crippen molar-refractivity contribution in [1.82, 2.24) is 9.38 Å². The smallest absolute Gasteiger partial charge is 0.162 e. The van der Waals surface area contributed by atoms with Crippen molar-refractivity contribution in [3.05, 3.63) is 83.8 Å². The molecule has 0 aliphatic heterocycles. The number of fused-ring (bicyclic) bond motifs is 5. The molecule has 3 aromatic heterocycles. The second kappa shape index (κ2) is 13.8. The van der Waals surface area contributed by atoms with Gasteiger partial charge in [0.25, 0.3) is 0 Å². The van der Waals surface area contributed by atoms with Crippen LogP contribution in [0.3, 0.4) is 0 Å². The number of rotatable bonds is 8. The summed E-state index contributed by atoms with van der Waals surface area (Å²) in [4.78, 5) is 16.7. The topological polar surface area (TPSA) is 54.6 Å². The first kappa shape index (κ1) is 35.6. The molecule has 0 aliphatic carbocycles. The molecule has 0 saturated carbocycles. The number of carbonyl (C=O) groups is 1. The van der Waals surface area contributed by atoms with E-state index < -0.39 is 0 Å². The summed E-state index contributed by atoms with van der Waals surface area (Å²) in [6, 6.07) is 21.5. The van der Waals surface area contributed by atoms with E-state index in [1.807, 2.05) is 40.8 Å². The minimum Gasteiger partial charge on any atom is -0.512 e. The molecular weight excluding hydrogens is 745 g/mol. The van der Waals surface area contributed by atoms with Crippen LogP contribution in [0.2, 0.25) is 0 Å². The van der Waals surface area contributed by atoms with E-state index in [1.54, 1.807) is 0 Å². The summed E-state index contributed by atoms with van der Waals surface area (Å²) >= 11 is 0. The van der Waals surface area contributed by atoms with Crippen LogP contribution >= 0.6 is 0 Å². The molecule has 3 aromatic carbocycles. The monoisotopic (exact) mass is 794 g/mol. The van der Waals surface area contributed by atoms with Crippen LogP contribution in [-0.2, 0) is 31.3 Å². The predicted octanol–water partition coefficient (Wildman–Crippen LogP) is 11.3. The van der Waals surface area contributed by atoms with Gasteiger partial charge < -0.3 is 14.5 Å². The van der Waals surface area contributed by atoms with Gasteiger partial charge in [-0.1, -0.05) is 97.4 Å². The molecule has 0 unspecified atom stereocenters. The van der Waals surface area contributed by atoms with Crippen LogP contribution in [0.25, 0.3) is 49.0 Å². The van der Waals surface area contributed by atoms with Crippen molar-refractivity contribution < 1.29 is 30.0 Å². The number of benzene rings is 3. The number of pyridine rings is 2. The third-order valence-corrected chi connectivity index (χ3v) is 9.79.